The van der Waals surface area contributed by atoms with Crippen LogP contribution in [0.2, 0.25) is 0 Å². The normalized spacial score (nSPS) is 14.3. The molecule has 0 unspecified atom stereocenters. The fourth-order valence-corrected chi connectivity index (χ4v) is 2.08. The Kier molecular flexibility index (Phi) is 3.65. The van der Waals surface area contributed by atoms with Crippen LogP contribution in [0.3, 0.4) is 0 Å². The van der Waals surface area contributed by atoms with Crippen molar-refractivity contribution in [1.82, 2.24) is 4.90 Å². The van der Waals surface area contributed by atoms with Crippen LogP contribution in [-0.2, 0) is 4.79 Å². The first-order valence-corrected chi connectivity index (χ1v) is 6.26. The van der Waals surface area contributed by atoms with Crippen molar-refractivity contribution in [2.45, 2.75) is 18.9 Å². The molecule has 1 fully saturated rings. The van der Waals surface area contributed by atoms with E-state index in [9.17, 15) is 14.0 Å². The minimum atomic E-state index is -1.09. The number of carboxylic acid groups (broad SMARTS) is 1. The van der Waals surface area contributed by atoms with Gasteiger partial charge in [0.1, 0.15) is 12.4 Å². The van der Waals surface area contributed by atoms with Crippen LogP contribution in [0.5, 0.6) is 0 Å². The fourth-order valence-electron chi connectivity index (χ4n) is 1.71. The lowest BCUT2D eigenvalue weighted by Crippen LogP contribution is -2.37. The van der Waals surface area contributed by atoms with Gasteiger partial charge < -0.3 is 10.0 Å². The second-order valence-corrected chi connectivity index (χ2v) is 5.10. The molecule has 0 atom stereocenters. The van der Waals surface area contributed by atoms with Gasteiger partial charge in [-0.15, -0.1) is 0 Å². The average Bonchev–Trinajstić information content (AvgIpc) is 3.12. The van der Waals surface area contributed by atoms with E-state index in [1.54, 1.807) is 0 Å². The van der Waals surface area contributed by atoms with Crippen molar-refractivity contribution in [3.05, 3.63) is 34.1 Å². The molecule has 1 amide bonds. The van der Waals surface area contributed by atoms with Crippen LogP contribution in [0, 0.1) is 5.82 Å². The number of hydrogen-bond donors (Lipinski definition) is 1. The van der Waals surface area contributed by atoms with Crippen LogP contribution in [0.25, 0.3) is 0 Å². The summed E-state index contributed by atoms with van der Waals surface area (Å²) in [6.45, 7) is -0.393. The van der Waals surface area contributed by atoms with Gasteiger partial charge in [0.25, 0.3) is 5.91 Å². The zero-order valence-corrected chi connectivity index (χ0v) is 11.0. The highest BCUT2D eigenvalue weighted by atomic mass is 79.9. The van der Waals surface area contributed by atoms with Crippen LogP contribution < -0.4 is 0 Å². The van der Waals surface area contributed by atoms with Gasteiger partial charge >= 0.3 is 5.97 Å². The highest BCUT2D eigenvalue weighted by Crippen LogP contribution is 2.29. The molecule has 0 saturated heterocycles. The Morgan fingerprint density at radius 3 is 2.67 bits per heavy atom. The van der Waals surface area contributed by atoms with Crippen molar-refractivity contribution in [2.75, 3.05) is 6.54 Å². The molecule has 96 valence electrons. The Morgan fingerprint density at radius 1 is 1.44 bits per heavy atom. The van der Waals surface area contributed by atoms with E-state index in [1.807, 2.05) is 0 Å². The Labute approximate surface area is 112 Å². The van der Waals surface area contributed by atoms with Crippen LogP contribution in [0.15, 0.2) is 22.7 Å². The largest absolute Gasteiger partial charge is 0.480 e. The van der Waals surface area contributed by atoms with Gasteiger partial charge in [-0.1, -0.05) is 15.9 Å². The zero-order valence-electron chi connectivity index (χ0n) is 9.40. The van der Waals surface area contributed by atoms with Crippen LogP contribution in [0.4, 0.5) is 4.39 Å². The van der Waals surface area contributed by atoms with E-state index in [4.69, 9.17) is 5.11 Å². The van der Waals surface area contributed by atoms with E-state index < -0.39 is 24.2 Å². The average molecular weight is 316 g/mol. The number of amides is 1. The number of hydrogen-bond acceptors (Lipinski definition) is 2. The Hall–Kier alpha value is -1.43. The third-order valence-electron chi connectivity index (χ3n) is 2.71. The molecular formula is C12H11BrFNO3. The molecule has 1 saturated carbocycles. The van der Waals surface area contributed by atoms with Crippen LogP contribution in [-0.4, -0.2) is 34.5 Å². The molecular weight excluding hydrogens is 305 g/mol. The number of nitrogens with zero attached hydrogens (tertiary/aromatic N) is 1. The monoisotopic (exact) mass is 315 g/mol. The summed E-state index contributed by atoms with van der Waals surface area (Å²) in [7, 11) is 0. The van der Waals surface area contributed by atoms with Gasteiger partial charge in [-0.2, -0.15) is 0 Å². The molecule has 1 aromatic rings. The van der Waals surface area contributed by atoms with Gasteiger partial charge in [-0.05, 0) is 31.0 Å². The molecule has 1 aliphatic carbocycles. The summed E-state index contributed by atoms with van der Waals surface area (Å²) in [5.41, 5.74) is -0.0995. The Morgan fingerprint density at radius 2 is 2.11 bits per heavy atom. The maximum absolute atomic E-state index is 13.6. The van der Waals surface area contributed by atoms with Crippen LogP contribution in [0.1, 0.15) is 23.2 Å². The Bertz CT molecular complexity index is 502. The number of halogens is 2. The van der Waals surface area contributed by atoms with Crippen molar-refractivity contribution in [3.63, 3.8) is 0 Å². The van der Waals surface area contributed by atoms with Crippen molar-refractivity contribution >= 4 is 27.8 Å². The topological polar surface area (TPSA) is 57.6 Å². The molecule has 6 heteroatoms. The number of aliphatic carboxylic acids is 1. The molecule has 0 aliphatic heterocycles. The summed E-state index contributed by atoms with van der Waals surface area (Å²) in [4.78, 5) is 24.1. The summed E-state index contributed by atoms with van der Waals surface area (Å²) in [5, 5.41) is 8.78. The van der Waals surface area contributed by atoms with Gasteiger partial charge in [-0.25, -0.2) is 4.39 Å². The molecule has 2 rings (SSSR count). The predicted octanol–water partition coefficient (Wildman–Crippen LogP) is 2.28. The van der Waals surface area contributed by atoms with E-state index in [1.165, 1.54) is 23.1 Å². The van der Waals surface area contributed by atoms with Gasteiger partial charge in [0, 0.05) is 10.5 Å². The zero-order chi connectivity index (χ0) is 13.3. The minimum absolute atomic E-state index is 0.0769. The van der Waals surface area contributed by atoms with Crippen molar-refractivity contribution in [2.24, 2.45) is 0 Å². The molecule has 0 bridgehead atoms. The van der Waals surface area contributed by atoms with E-state index in [0.717, 1.165) is 12.8 Å². The number of benzene rings is 1. The van der Waals surface area contributed by atoms with E-state index in [-0.39, 0.29) is 11.6 Å². The molecule has 18 heavy (non-hydrogen) atoms. The van der Waals surface area contributed by atoms with Crippen LogP contribution >= 0.6 is 15.9 Å². The third kappa shape index (κ3) is 2.87. The first kappa shape index (κ1) is 13.0. The van der Waals surface area contributed by atoms with E-state index in [2.05, 4.69) is 15.9 Å². The summed E-state index contributed by atoms with van der Waals surface area (Å²) in [6, 6.07) is 3.97. The highest BCUT2D eigenvalue weighted by molar-refractivity contribution is 9.10. The SMILES string of the molecule is O=C(O)CN(C(=O)c1cc(Br)ccc1F)C1CC1. The number of rotatable bonds is 4. The highest BCUT2D eigenvalue weighted by Gasteiger charge is 2.35. The van der Waals surface area contributed by atoms with E-state index >= 15 is 0 Å². The summed E-state index contributed by atoms with van der Waals surface area (Å²) in [6.07, 6.45) is 1.54. The maximum atomic E-state index is 13.6. The Balaban J connectivity index is 2.27. The van der Waals surface area contributed by atoms with Crippen molar-refractivity contribution in [3.8, 4) is 0 Å². The summed E-state index contributed by atoms with van der Waals surface area (Å²) < 4.78 is 14.2. The maximum Gasteiger partial charge on any atom is 0.323 e. The smallest absolute Gasteiger partial charge is 0.323 e. The lowest BCUT2D eigenvalue weighted by Gasteiger charge is -2.20. The summed E-state index contributed by atoms with van der Waals surface area (Å²) >= 11 is 3.16. The lowest BCUT2D eigenvalue weighted by atomic mass is 10.2. The van der Waals surface area contributed by atoms with Crippen molar-refractivity contribution < 1.29 is 19.1 Å². The molecule has 1 N–H and O–H groups in total. The number of carbonyl (C=O) groups is 2. The standard InChI is InChI=1S/C12H11BrFNO3/c13-7-1-4-10(14)9(5-7)12(18)15(6-11(16)17)8-2-3-8/h1,4-5,8H,2-3,6H2,(H,16,17). The van der Waals surface area contributed by atoms with Gasteiger partial charge in [-0.3, -0.25) is 9.59 Å². The lowest BCUT2D eigenvalue weighted by molar-refractivity contribution is -0.137. The molecule has 0 spiro atoms. The molecule has 0 radical (unpaired) electrons. The van der Waals surface area contributed by atoms with Gasteiger partial charge in [0.15, 0.2) is 0 Å². The molecule has 1 aromatic carbocycles. The molecule has 0 aromatic heterocycles. The number of carbonyl (C=O) groups excluding carboxylic acids is 1. The third-order valence-corrected chi connectivity index (χ3v) is 3.21. The van der Waals surface area contributed by atoms with Crippen molar-refractivity contribution in [1.29, 1.82) is 0 Å². The van der Waals surface area contributed by atoms with Gasteiger partial charge in [0.2, 0.25) is 0 Å². The fraction of sp³-hybridized carbons (Fsp3) is 0.333. The van der Waals surface area contributed by atoms with E-state index in [0.29, 0.717) is 4.47 Å². The summed E-state index contributed by atoms with van der Waals surface area (Å²) in [5.74, 6) is -2.30. The second-order valence-electron chi connectivity index (χ2n) is 4.18. The minimum Gasteiger partial charge on any atom is -0.480 e. The first-order chi connectivity index (χ1) is 8.49. The quantitative estimate of drug-likeness (QED) is 0.927. The number of carboxylic acids is 1. The second kappa shape index (κ2) is 5.06. The first-order valence-electron chi connectivity index (χ1n) is 5.47. The van der Waals surface area contributed by atoms with Gasteiger partial charge in [0.05, 0.1) is 5.56 Å². The molecule has 0 heterocycles. The molecule has 4 nitrogen and oxygen atoms in total. The predicted molar refractivity (Wildman–Crippen MR) is 65.8 cm³/mol. The molecule has 1 aliphatic rings.